The van der Waals surface area contributed by atoms with Gasteiger partial charge in [0, 0.05) is 24.0 Å². The summed E-state index contributed by atoms with van der Waals surface area (Å²) < 4.78 is 30.1. The van der Waals surface area contributed by atoms with Gasteiger partial charge in [0.15, 0.2) is 9.84 Å². The molecule has 2 heterocycles. The number of ether oxygens (including phenoxy) is 1. The van der Waals surface area contributed by atoms with Gasteiger partial charge in [-0.25, -0.2) is 8.42 Å². The van der Waals surface area contributed by atoms with E-state index in [1.807, 2.05) is 0 Å². The van der Waals surface area contributed by atoms with E-state index in [1.54, 1.807) is 19.1 Å². The third-order valence-corrected chi connectivity index (χ3v) is 7.08. The first kappa shape index (κ1) is 21.0. The van der Waals surface area contributed by atoms with E-state index in [0.29, 0.717) is 17.8 Å². The van der Waals surface area contributed by atoms with Crippen LogP contribution in [0.25, 0.3) is 0 Å². The number of methoxy groups -OCH3 is 1. The molecular formula is C18H27ClN2O4S. The molecule has 1 aromatic rings. The molecule has 6 nitrogen and oxygen atoms in total. The summed E-state index contributed by atoms with van der Waals surface area (Å²) in [7, 11) is -1.98. The quantitative estimate of drug-likeness (QED) is 0.759. The van der Waals surface area contributed by atoms with Gasteiger partial charge < -0.3 is 15.4 Å². The summed E-state index contributed by atoms with van der Waals surface area (Å²) in [5.41, 5.74) is 0. The number of amides is 1. The van der Waals surface area contributed by atoms with E-state index >= 15 is 0 Å². The van der Waals surface area contributed by atoms with Crippen LogP contribution in [0.5, 0.6) is 5.75 Å². The molecule has 2 saturated heterocycles. The van der Waals surface area contributed by atoms with E-state index in [4.69, 9.17) is 4.74 Å². The van der Waals surface area contributed by atoms with Gasteiger partial charge in [-0.05, 0) is 49.9 Å². The number of rotatable bonds is 6. The van der Waals surface area contributed by atoms with Gasteiger partial charge in [0.05, 0.1) is 17.8 Å². The van der Waals surface area contributed by atoms with Crippen molar-refractivity contribution in [2.75, 3.05) is 12.9 Å². The van der Waals surface area contributed by atoms with Crippen molar-refractivity contribution in [3.63, 3.8) is 0 Å². The summed E-state index contributed by atoms with van der Waals surface area (Å²) in [4.78, 5) is 12.7. The molecule has 2 bridgehead atoms. The Kier molecular flexibility index (Phi) is 6.93. The average molecular weight is 403 g/mol. The number of piperidine rings is 1. The highest BCUT2D eigenvalue weighted by Gasteiger charge is 2.35. The second-order valence-electron chi connectivity index (χ2n) is 7.17. The van der Waals surface area contributed by atoms with Crippen LogP contribution in [0.2, 0.25) is 0 Å². The Balaban J connectivity index is 0.00000243. The van der Waals surface area contributed by atoms with Crippen LogP contribution in [-0.2, 0) is 14.6 Å². The first-order valence-corrected chi connectivity index (χ1v) is 10.5. The number of hydrogen-bond acceptors (Lipinski definition) is 5. The van der Waals surface area contributed by atoms with Crippen molar-refractivity contribution in [1.82, 2.24) is 10.6 Å². The monoisotopic (exact) mass is 402 g/mol. The third kappa shape index (κ3) is 4.90. The Morgan fingerprint density at radius 3 is 2.35 bits per heavy atom. The van der Waals surface area contributed by atoms with Crippen LogP contribution in [0.15, 0.2) is 29.2 Å². The Bertz CT molecular complexity index is 711. The van der Waals surface area contributed by atoms with Crippen LogP contribution in [0.4, 0.5) is 0 Å². The summed E-state index contributed by atoms with van der Waals surface area (Å²) in [6.45, 7) is 1.67. The molecule has 26 heavy (non-hydrogen) atoms. The van der Waals surface area contributed by atoms with Gasteiger partial charge in [-0.2, -0.15) is 0 Å². The first-order chi connectivity index (χ1) is 11.9. The summed E-state index contributed by atoms with van der Waals surface area (Å²) in [5.74, 6) is -0.350. The van der Waals surface area contributed by atoms with Crippen molar-refractivity contribution in [3.05, 3.63) is 24.3 Å². The van der Waals surface area contributed by atoms with Gasteiger partial charge in [0.25, 0.3) is 0 Å². The standard InChI is InChI=1S/C18H26N2O4S.ClH/c1-12(11-25(22,23)17-7-5-16(24-2)6-8-17)18(21)20-15-9-13-3-4-14(10-15)19-13;/h5-8,12-15,19H,3-4,9-11H2,1-2H3,(H,20,21);1H. The fourth-order valence-electron chi connectivity index (χ4n) is 3.80. The minimum Gasteiger partial charge on any atom is -0.497 e. The molecule has 3 unspecified atom stereocenters. The van der Waals surface area contributed by atoms with Crippen molar-refractivity contribution in [2.24, 2.45) is 5.92 Å². The predicted molar refractivity (Wildman–Crippen MR) is 103 cm³/mol. The van der Waals surface area contributed by atoms with Gasteiger partial charge in [0.1, 0.15) is 5.75 Å². The smallest absolute Gasteiger partial charge is 0.224 e. The van der Waals surface area contributed by atoms with E-state index in [0.717, 1.165) is 12.8 Å². The number of carbonyl (C=O) groups is 1. The summed E-state index contributed by atoms with van der Waals surface area (Å²) >= 11 is 0. The zero-order valence-electron chi connectivity index (χ0n) is 15.1. The summed E-state index contributed by atoms with van der Waals surface area (Å²) in [6.07, 6.45) is 4.19. The molecule has 3 rings (SSSR count). The SMILES string of the molecule is COc1ccc(S(=O)(=O)CC(C)C(=O)NC2CC3CCC(C2)N3)cc1.Cl. The molecule has 0 aliphatic carbocycles. The lowest BCUT2D eigenvalue weighted by Gasteiger charge is -2.30. The lowest BCUT2D eigenvalue weighted by Crippen LogP contribution is -2.49. The average Bonchev–Trinajstić information content (AvgIpc) is 2.93. The minimum atomic E-state index is -3.51. The number of carbonyl (C=O) groups excluding carboxylic acids is 1. The van der Waals surface area contributed by atoms with Crippen LogP contribution in [0.1, 0.15) is 32.6 Å². The molecule has 2 aliphatic heterocycles. The second kappa shape index (κ2) is 8.59. The highest BCUT2D eigenvalue weighted by atomic mass is 35.5. The molecule has 2 N–H and O–H groups in total. The van der Waals surface area contributed by atoms with Gasteiger partial charge in [-0.1, -0.05) is 6.92 Å². The molecule has 146 valence electrons. The molecular weight excluding hydrogens is 376 g/mol. The Labute approximate surface area is 161 Å². The lowest BCUT2D eigenvalue weighted by molar-refractivity contribution is -0.124. The van der Waals surface area contributed by atoms with Crippen LogP contribution in [0.3, 0.4) is 0 Å². The summed E-state index contributed by atoms with van der Waals surface area (Å²) in [6, 6.07) is 7.39. The maximum Gasteiger partial charge on any atom is 0.224 e. The predicted octanol–water partition coefficient (Wildman–Crippen LogP) is 1.93. The van der Waals surface area contributed by atoms with Gasteiger partial charge in [0.2, 0.25) is 5.91 Å². The van der Waals surface area contributed by atoms with Crippen molar-refractivity contribution >= 4 is 28.2 Å². The largest absolute Gasteiger partial charge is 0.497 e. The second-order valence-corrected chi connectivity index (χ2v) is 9.21. The molecule has 0 spiro atoms. The Morgan fingerprint density at radius 1 is 1.23 bits per heavy atom. The minimum absolute atomic E-state index is 0. The normalized spacial score (nSPS) is 25.8. The molecule has 1 aromatic carbocycles. The van der Waals surface area contributed by atoms with Crippen molar-refractivity contribution in [3.8, 4) is 5.75 Å². The molecule has 1 amide bonds. The van der Waals surface area contributed by atoms with Crippen LogP contribution in [0, 0.1) is 5.92 Å². The molecule has 3 atom stereocenters. The van der Waals surface area contributed by atoms with E-state index in [9.17, 15) is 13.2 Å². The fourth-order valence-corrected chi connectivity index (χ4v) is 5.36. The molecule has 0 saturated carbocycles. The van der Waals surface area contributed by atoms with Crippen LogP contribution in [-0.4, -0.2) is 45.3 Å². The zero-order valence-corrected chi connectivity index (χ0v) is 16.7. The number of hydrogen-bond donors (Lipinski definition) is 2. The van der Waals surface area contributed by atoms with Gasteiger partial charge in [-0.3, -0.25) is 4.79 Å². The summed E-state index contributed by atoms with van der Waals surface area (Å²) in [5, 5.41) is 6.58. The van der Waals surface area contributed by atoms with Crippen molar-refractivity contribution in [1.29, 1.82) is 0 Å². The molecule has 2 aliphatic rings. The number of halogens is 1. The number of sulfone groups is 1. The number of nitrogens with one attached hydrogen (secondary N) is 2. The Hall–Kier alpha value is -1.31. The Morgan fingerprint density at radius 2 is 1.81 bits per heavy atom. The van der Waals surface area contributed by atoms with Crippen molar-refractivity contribution < 1.29 is 17.9 Å². The molecule has 0 radical (unpaired) electrons. The van der Waals surface area contributed by atoms with Crippen molar-refractivity contribution in [2.45, 2.75) is 55.6 Å². The topological polar surface area (TPSA) is 84.5 Å². The lowest BCUT2D eigenvalue weighted by atomic mass is 9.99. The van der Waals surface area contributed by atoms with E-state index < -0.39 is 15.8 Å². The fraction of sp³-hybridized carbons (Fsp3) is 0.611. The highest BCUT2D eigenvalue weighted by molar-refractivity contribution is 7.91. The van der Waals surface area contributed by atoms with E-state index in [-0.39, 0.29) is 35.0 Å². The van der Waals surface area contributed by atoms with E-state index in [2.05, 4.69) is 10.6 Å². The van der Waals surface area contributed by atoms with Gasteiger partial charge in [-0.15, -0.1) is 12.4 Å². The van der Waals surface area contributed by atoms with Crippen LogP contribution < -0.4 is 15.4 Å². The number of fused-ring (bicyclic) bond motifs is 2. The van der Waals surface area contributed by atoms with Gasteiger partial charge >= 0.3 is 0 Å². The van der Waals surface area contributed by atoms with Crippen LogP contribution >= 0.6 is 12.4 Å². The zero-order chi connectivity index (χ0) is 18.0. The molecule has 8 heteroatoms. The maximum atomic E-state index is 12.5. The third-order valence-electron chi connectivity index (χ3n) is 5.16. The molecule has 0 aromatic heterocycles. The highest BCUT2D eigenvalue weighted by Crippen LogP contribution is 2.27. The first-order valence-electron chi connectivity index (χ1n) is 8.80. The maximum absolute atomic E-state index is 12.5. The van der Waals surface area contributed by atoms with E-state index in [1.165, 1.54) is 32.1 Å². The number of benzene rings is 1. The molecule has 2 fully saturated rings.